The van der Waals surface area contributed by atoms with Crippen LogP contribution in [0.4, 0.5) is 0 Å². The number of aliphatic hydroxyl groups is 1. The van der Waals surface area contributed by atoms with E-state index in [9.17, 15) is 5.11 Å². The minimum absolute atomic E-state index is 0.672. The van der Waals surface area contributed by atoms with E-state index in [0.717, 1.165) is 26.7 Å². The van der Waals surface area contributed by atoms with Crippen molar-refractivity contribution in [1.29, 1.82) is 0 Å². The summed E-state index contributed by atoms with van der Waals surface area (Å²) in [4.78, 5) is 5.65. The molecule has 20 heavy (non-hydrogen) atoms. The fourth-order valence-electron chi connectivity index (χ4n) is 2.45. The third-order valence-electron chi connectivity index (χ3n) is 3.39. The molecule has 1 unspecified atom stereocenters. The number of hydrogen-bond donors (Lipinski definition) is 1. The number of aliphatic hydroxyl groups excluding tert-OH is 1. The normalized spacial score (nSPS) is 17.9. The summed E-state index contributed by atoms with van der Waals surface area (Å²) >= 11 is 1.59. The predicted molar refractivity (Wildman–Crippen MR) is 81.3 cm³/mol. The van der Waals surface area contributed by atoms with Crippen molar-refractivity contribution in [2.45, 2.75) is 11.4 Å². The Morgan fingerprint density at radius 2 is 1.75 bits per heavy atom. The molecule has 0 fully saturated rings. The van der Waals surface area contributed by atoms with Gasteiger partial charge in [-0.05, 0) is 23.8 Å². The van der Waals surface area contributed by atoms with Gasteiger partial charge in [-0.25, -0.2) is 4.98 Å². The SMILES string of the molecule is OC1C=C(c2ccccc2)Sc2nc3ccccc3n21. The second kappa shape index (κ2) is 4.51. The van der Waals surface area contributed by atoms with E-state index in [1.807, 2.05) is 65.2 Å². The molecule has 1 N–H and O–H groups in total. The molecule has 1 aliphatic heterocycles. The fourth-order valence-corrected chi connectivity index (χ4v) is 3.54. The number of para-hydroxylation sites is 2. The second-order valence-corrected chi connectivity index (χ2v) is 5.67. The summed E-state index contributed by atoms with van der Waals surface area (Å²) in [6.07, 6.45) is 1.20. The molecular formula is C16H12N2OS. The number of nitrogens with zero attached hydrogens (tertiary/aromatic N) is 2. The van der Waals surface area contributed by atoms with E-state index in [4.69, 9.17) is 0 Å². The van der Waals surface area contributed by atoms with Gasteiger partial charge in [0.1, 0.15) is 0 Å². The second-order valence-electron chi connectivity index (χ2n) is 4.67. The molecule has 1 aromatic heterocycles. The maximum atomic E-state index is 10.4. The van der Waals surface area contributed by atoms with Crippen LogP contribution in [0.1, 0.15) is 11.8 Å². The van der Waals surface area contributed by atoms with Crippen molar-refractivity contribution in [3.05, 3.63) is 66.2 Å². The Balaban J connectivity index is 1.85. The van der Waals surface area contributed by atoms with Crippen LogP contribution in [-0.4, -0.2) is 14.7 Å². The Morgan fingerprint density at radius 1 is 1.00 bits per heavy atom. The van der Waals surface area contributed by atoms with Crippen molar-refractivity contribution in [2.75, 3.05) is 0 Å². The Kier molecular flexibility index (Phi) is 2.65. The summed E-state index contributed by atoms with van der Waals surface area (Å²) in [6.45, 7) is 0. The molecule has 0 radical (unpaired) electrons. The molecular weight excluding hydrogens is 268 g/mol. The van der Waals surface area contributed by atoms with E-state index in [2.05, 4.69) is 4.98 Å². The lowest BCUT2D eigenvalue weighted by atomic mass is 10.2. The minimum atomic E-state index is -0.672. The van der Waals surface area contributed by atoms with Crippen LogP contribution in [-0.2, 0) is 0 Å². The average Bonchev–Trinajstić information content (AvgIpc) is 2.87. The molecule has 0 aliphatic carbocycles. The molecule has 2 heterocycles. The molecule has 4 rings (SSSR count). The Labute approximate surface area is 120 Å². The molecule has 3 aromatic rings. The summed E-state index contributed by atoms with van der Waals surface area (Å²) in [5, 5.41) is 11.2. The number of fused-ring (bicyclic) bond motifs is 3. The highest BCUT2D eigenvalue weighted by atomic mass is 32.2. The summed E-state index contributed by atoms with van der Waals surface area (Å²) in [6, 6.07) is 18.0. The van der Waals surface area contributed by atoms with E-state index in [1.54, 1.807) is 11.8 Å². The first-order chi connectivity index (χ1) is 9.83. The van der Waals surface area contributed by atoms with Crippen LogP contribution in [0.5, 0.6) is 0 Å². The topological polar surface area (TPSA) is 38.1 Å². The fraction of sp³-hybridized carbons (Fsp3) is 0.0625. The monoisotopic (exact) mass is 280 g/mol. The van der Waals surface area contributed by atoms with Crippen molar-refractivity contribution in [1.82, 2.24) is 9.55 Å². The zero-order chi connectivity index (χ0) is 13.5. The minimum Gasteiger partial charge on any atom is -0.369 e. The van der Waals surface area contributed by atoms with Gasteiger partial charge in [-0.1, -0.05) is 54.2 Å². The van der Waals surface area contributed by atoms with Crippen molar-refractivity contribution in [2.24, 2.45) is 0 Å². The molecule has 0 bridgehead atoms. The van der Waals surface area contributed by atoms with E-state index in [0.29, 0.717) is 0 Å². The van der Waals surface area contributed by atoms with Gasteiger partial charge in [-0.3, -0.25) is 4.57 Å². The van der Waals surface area contributed by atoms with Gasteiger partial charge in [0.2, 0.25) is 0 Å². The smallest absolute Gasteiger partial charge is 0.176 e. The van der Waals surface area contributed by atoms with Crippen LogP contribution in [0, 0.1) is 0 Å². The van der Waals surface area contributed by atoms with Crippen molar-refractivity contribution >= 4 is 27.7 Å². The molecule has 0 saturated heterocycles. The summed E-state index contributed by atoms with van der Waals surface area (Å²) in [5.74, 6) is 0. The van der Waals surface area contributed by atoms with Gasteiger partial charge in [-0.2, -0.15) is 0 Å². The van der Waals surface area contributed by atoms with Gasteiger partial charge >= 0.3 is 0 Å². The summed E-state index contributed by atoms with van der Waals surface area (Å²) in [5.41, 5.74) is 2.98. The van der Waals surface area contributed by atoms with Crippen LogP contribution >= 0.6 is 11.8 Å². The highest BCUT2D eigenvalue weighted by Gasteiger charge is 2.23. The number of imidazole rings is 1. The third kappa shape index (κ3) is 1.77. The lowest BCUT2D eigenvalue weighted by Crippen LogP contribution is -2.10. The molecule has 0 amide bonds. The zero-order valence-corrected chi connectivity index (χ0v) is 11.4. The van der Waals surface area contributed by atoms with Crippen LogP contribution < -0.4 is 0 Å². The molecule has 0 spiro atoms. The Bertz CT molecular complexity index is 808. The Hall–Kier alpha value is -2.04. The highest BCUT2D eigenvalue weighted by molar-refractivity contribution is 8.08. The molecule has 3 nitrogen and oxygen atoms in total. The molecule has 98 valence electrons. The largest absolute Gasteiger partial charge is 0.369 e. The summed E-state index contributed by atoms with van der Waals surface area (Å²) in [7, 11) is 0. The van der Waals surface area contributed by atoms with E-state index in [1.165, 1.54) is 0 Å². The van der Waals surface area contributed by atoms with Crippen molar-refractivity contribution in [3.63, 3.8) is 0 Å². The van der Waals surface area contributed by atoms with Gasteiger partial charge in [0.15, 0.2) is 11.4 Å². The number of hydrogen-bond acceptors (Lipinski definition) is 3. The van der Waals surface area contributed by atoms with Gasteiger partial charge in [0.05, 0.1) is 11.0 Å². The summed E-state index contributed by atoms with van der Waals surface area (Å²) < 4.78 is 1.87. The number of rotatable bonds is 1. The van der Waals surface area contributed by atoms with Crippen molar-refractivity contribution in [3.8, 4) is 0 Å². The first-order valence-electron chi connectivity index (χ1n) is 6.43. The number of thioether (sulfide) groups is 1. The van der Waals surface area contributed by atoms with Crippen LogP contribution in [0.15, 0.2) is 65.8 Å². The maximum absolute atomic E-state index is 10.4. The predicted octanol–water partition coefficient (Wildman–Crippen LogP) is 3.67. The lowest BCUT2D eigenvalue weighted by Gasteiger charge is -2.20. The first kappa shape index (κ1) is 11.8. The van der Waals surface area contributed by atoms with E-state index < -0.39 is 6.23 Å². The highest BCUT2D eigenvalue weighted by Crippen LogP contribution is 2.41. The molecule has 0 saturated carbocycles. The third-order valence-corrected chi connectivity index (χ3v) is 4.45. The standard InChI is InChI=1S/C16H12N2OS/c19-15-10-14(11-6-2-1-3-7-11)20-16-17-12-8-4-5-9-13(12)18(15)16/h1-10,15,19H. The molecule has 1 atom stereocenters. The average molecular weight is 280 g/mol. The van der Waals surface area contributed by atoms with Crippen LogP contribution in [0.25, 0.3) is 15.9 Å². The first-order valence-corrected chi connectivity index (χ1v) is 7.25. The maximum Gasteiger partial charge on any atom is 0.176 e. The van der Waals surface area contributed by atoms with Crippen LogP contribution in [0.3, 0.4) is 0 Å². The van der Waals surface area contributed by atoms with Gasteiger partial charge in [0.25, 0.3) is 0 Å². The van der Waals surface area contributed by atoms with E-state index >= 15 is 0 Å². The molecule has 1 aliphatic rings. The van der Waals surface area contributed by atoms with Crippen LogP contribution in [0.2, 0.25) is 0 Å². The van der Waals surface area contributed by atoms with Gasteiger partial charge < -0.3 is 5.11 Å². The molecule has 2 aromatic carbocycles. The quantitative estimate of drug-likeness (QED) is 0.739. The van der Waals surface area contributed by atoms with Crippen molar-refractivity contribution < 1.29 is 5.11 Å². The zero-order valence-electron chi connectivity index (χ0n) is 10.6. The van der Waals surface area contributed by atoms with E-state index in [-0.39, 0.29) is 0 Å². The number of benzene rings is 2. The number of aromatic nitrogens is 2. The Morgan fingerprint density at radius 3 is 2.60 bits per heavy atom. The molecule has 4 heteroatoms. The lowest BCUT2D eigenvalue weighted by molar-refractivity contribution is 0.149. The van der Waals surface area contributed by atoms with Gasteiger partial charge in [0, 0.05) is 4.91 Å². The van der Waals surface area contributed by atoms with Gasteiger partial charge in [-0.15, -0.1) is 0 Å².